The molecule has 6 unspecified atom stereocenters. The van der Waals surface area contributed by atoms with Gasteiger partial charge in [-0.25, -0.2) is 66.9 Å². The molecule has 0 saturated carbocycles. The zero-order valence-electron chi connectivity index (χ0n) is 66.5. The third-order valence-electron chi connectivity index (χ3n) is 16.1. The number of urea groups is 3. The molecular formula is C75H115F5N15O24+3. The van der Waals surface area contributed by atoms with E-state index in [4.69, 9.17) is 30.6 Å². The van der Waals surface area contributed by atoms with Crippen LogP contribution in [0.5, 0.6) is 5.75 Å². The van der Waals surface area contributed by atoms with Gasteiger partial charge in [-0.2, -0.15) is 13.2 Å². The number of hydrogen-bond donors (Lipinski definition) is 17. The normalized spacial score (nSPS) is 12.1. The van der Waals surface area contributed by atoms with Gasteiger partial charge in [0.05, 0.1) is 71.6 Å². The number of nitrogens with one attached hydrogen (secondary N) is 8. The number of amides is 8. The number of carboxylic acid groups (broad SMARTS) is 8. The third-order valence-corrected chi connectivity index (χ3v) is 16.1. The Kier molecular flexibility index (Phi) is 53.9. The molecule has 1 aromatic carbocycles. The summed E-state index contributed by atoms with van der Waals surface area (Å²) in [5.41, 5.74) is 4.09. The number of aromatic nitrogens is 3. The van der Waals surface area contributed by atoms with Gasteiger partial charge in [-0.1, -0.05) is 35.6 Å². The van der Waals surface area contributed by atoms with Gasteiger partial charge in [0.2, 0.25) is 35.0 Å². The van der Waals surface area contributed by atoms with E-state index in [9.17, 15) is 104 Å². The van der Waals surface area contributed by atoms with Crippen LogP contribution < -0.4 is 62.0 Å². The second-order valence-corrected chi connectivity index (χ2v) is 27.1. The zero-order valence-corrected chi connectivity index (χ0v) is 66.5. The van der Waals surface area contributed by atoms with Crippen molar-refractivity contribution >= 4 is 101 Å². The van der Waals surface area contributed by atoms with E-state index >= 15 is 0 Å². The highest BCUT2D eigenvalue weighted by Crippen LogP contribution is 2.28. The molecule has 19 N–H and O–H groups in total. The molecule has 0 saturated heterocycles. The van der Waals surface area contributed by atoms with Crippen molar-refractivity contribution in [2.45, 2.75) is 175 Å². The molecule has 0 aliphatic rings. The Morgan fingerprint density at radius 1 is 0.429 bits per heavy atom. The number of rotatable bonds is 44. The van der Waals surface area contributed by atoms with Crippen molar-refractivity contribution in [1.29, 1.82) is 0 Å². The Balaban J connectivity index is -0.00000148. The quantitative estimate of drug-likeness (QED) is 0.00521. The minimum absolute atomic E-state index is 0. The molecule has 44 heteroatoms. The summed E-state index contributed by atoms with van der Waals surface area (Å²) in [7, 11) is 11.4. The largest absolute Gasteiger partial charge is 0.481 e. The number of benzene rings is 1. The molecule has 4 aromatic rings. The van der Waals surface area contributed by atoms with Crippen LogP contribution in [0.2, 0.25) is 0 Å². The summed E-state index contributed by atoms with van der Waals surface area (Å²) in [4.78, 5) is 185. The lowest BCUT2D eigenvalue weighted by molar-refractivity contribution is -0.368. The van der Waals surface area contributed by atoms with E-state index in [1.807, 2.05) is 42.3 Å². The molecular weight excluding hydrogens is 1590 g/mol. The smallest absolute Gasteiger partial charge is 0.345 e. The summed E-state index contributed by atoms with van der Waals surface area (Å²) < 4.78 is 71.1. The maximum Gasteiger partial charge on any atom is 0.345 e. The fourth-order valence-corrected chi connectivity index (χ4v) is 9.42. The number of carbonyl (C=O) groups excluding carboxylic acids is 7. The van der Waals surface area contributed by atoms with Crippen LogP contribution in [0.3, 0.4) is 0 Å². The predicted octanol–water partition coefficient (Wildman–Crippen LogP) is 5.09. The van der Waals surface area contributed by atoms with E-state index in [1.165, 1.54) is 51.0 Å². The van der Waals surface area contributed by atoms with Gasteiger partial charge >= 0.3 is 71.8 Å². The zero-order chi connectivity index (χ0) is 89.5. The van der Waals surface area contributed by atoms with Crippen LogP contribution in [-0.4, -0.2) is 268 Å². The molecule has 8 amide bonds. The monoisotopic (exact) mass is 1700 g/mol. The SMILES string of the molecule is C.C.CC(=O)C(CCC(=O)O)NC(=O)NC(CCCCNC(=O)c1ccc([18F])nc1)C(=O)O.CCN(CC)CC.C[N+](C)(C)c1ccc(C(=O)NCCCCC(NC(=O)NC(CCC(=O)O)C(=O)O)C(=O)O)cn1.C[N+](C)(C)c1ccc(C(=O)Oc2c(F)c(F)cc(F)c2F)cn1.[NH3+]CCCCC(NC(=O)NC(CCC(=O)O)C(=O)O)C(=O)O. The number of nitrogens with zero attached hydrogens (tertiary/aromatic N) is 6. The topological polar surface area (TPSA) is 593 Å². The molecule has 0 aliphatic heterocycles. The van der Waals surface area contributed by atoms with Gasteiger partial charge in [-0.05, 0) is 128 Å². The molecule has 39 nitrogen and oxygen atoms in total. The minimum Gasteiger partial charge on any atom is -0.481 e. The number of unbranched alkanes of at least 4 members (excludes halogenated alkanes) is 3. The first-order valence-electron chi connectivity index (χ1n) is 36.5. The number of pyridine rings is 3. The molecule has 6 atom stereocenters. The summed E-state index contributed by atoms with van der Waals surface area (Å²) in [5, 5.41) is 89.6. The lowest BCUT2D eigenvalue weighted by atomic mass is 10.1. The van der Waals surface area contributed by atoms with Gasteiger partial charge in [-0.15, -0.1) is 0 Å². The first-order chi connectivity index (χ1) is 54.6. The summed E-state index contributed by atoms with van der Waals surface area (Å²) in [6.45, 7) is 12.5. The maximum atomic E-state index is 13.5. The summed E-state index contributed by atoms with van der Waals surface area (Å²) >= 11 is 0. The molecule has 0 fully saturated rings. The molecule has 0 spiro atoms. The number of Topliss-reactive ketones (excluding diaryl/α,β-unsaturated/α-hetero) is 1. The van der Waals surface area contributed by atoms with Crippen LogP contribution in [0, 0.1) is 29.2 Å². The number of carbonyl (C=O) groups is 15. The average molecular weight is 1700 g/mol. The summed E-state index contributed by atoms with van der Waals surface area (Å²) in [5.74, 6) is -20.2. The highest BCUT2D eigenvalue weighted by molar-refractivity contribution is 5.95. The van der Waals surface area contributed by atoms with Gasteiger partial charge in [0, 0.05) is 69.1 Å². The molecule has 3 heterocycles. The number of quaternary nitrogens is 3. The molecule has 666 valence electrons. The first kappa shape index (κ1) is 111. The van der Waals surface area contributed by atoms with E-state index in [-0.39, 0.29) is 96.0 Å². The van der Waals surface area contributed by atoms with Crippen molar-refractivity contribution in [3.05, 3.63) is 107 Å². The number of carboxylic acids is 8. The Morgan fingerprint density at radius 3 is 1.00 bits per heavy atom. The van der Waals surface area contributed by atoms with Gasteiger partial charge < -0.3 is 98.8 Å². The lowest BCUT2D eigenvalue weighted by Crippen LogP contribution is -2.51. The number of halogens is 5. The first-order valence-corrected chi connectivity index (χ1v) is 36.5. The van der Waals surface area contributed by atoms with Crippen LogP contribution in [-0.2, 0) is 43.2 Å². The molecule has 119 heavy (non-hydrogen) atoms. The fourth-order valence-electron chi connectivity index (χ4n) is 9.42. The number of esters is 1. The van der Waals surface area contributed by atoms with Crippen molar-refractivity contribution in [2.75, 3.05) is 81.6 Å². The van der Waals surface area contributed by atoms with Crippen molar-refractivity contribution in [2.24, 2.45) is 0 Å². The Hall–Kier alpha value is -12.2. The Bertz CT molecular complexity index is 3900. The van der Waals surface area contributed by atoms with Gasteiger partial charge in [0.15, 0.2) is 17.4 Å². The summed E-state index contributed by atoms with van der Waals surface area (Å²) in [6.07, 6.45) is 4.91. The average Bonchev–Trinajstić information content (AvgIpc) is 0.813. The van der Waals surface area contributed by atoms with E-state index in [0.717, 1.165) is 24.3 Å². The van der Waals surface area contributed by atoms with Crippen molar-refractivity contribution < 1.29 is 145 Å². The number of hydrogen-bond acceptors (Lipinski definition) is 20. The van der Waals surface area contributed by atoms with Crippen LogP contribution in [0.1, 0.15) is 170 Å². The number of aliphatic carboxylic acids is 8. The second-order valence-electron chi connectivity index (χ2n) is 27.1. The standard InChI is InChI=1S/C21H31N5O8.C19H25FN4O7.C15H13F4N2O2.C12H21N3O7.C6H15N.2CH4/c1-26(2,3)16-9-7-13(12-23-16)18(29)22-11-5-4-6-14(19(30)31)24-21(34)25-15(20(32)33)8-10-17(27)28;1-11(25)13(6-8-16(26)27)23-19(31)24-14(18(29)30)4-2-3-9-21-17(28)12-5-7-15(20)22-10-12;1-21(2,3)11-5-4-8(7-20-11)15(22)23-14-12(18)9(16)6-10(17)13(14)19;13-6-2-1-3-7(10(18)19)14-12(22)15-8(11(20)21)4-5-9(16)17;1-4-7(5-2)6-3;;/h7,9,12,14-15H,4-6,8,10-11H2,1-3H3,(H5-,22,24,25,27,28,29,30,31,32,33,34);5,7,10,13-14H,2-4,6,8-9H2,1H3,(H,21,28)(H,26,27)(H,29,30)(H2,23,24,31);4-7H,1-3H3;7-8H,1-6,13H2,(H,16,17)(H,18,19)(H,20,21)(H2,14,15,22);4-6H2,1-3H3;2*1H4/q;;+1;;;;/p+2/i;20-1;;;;;. The lowest BCUT2D eigenvalue weighted by Gasteiger charge is -2.21. The Morgan fingerprint density at radius 2 is 0.731 bits per heavy atom. The molecule has 0 aliphatic carbocycles. The summed E-state index contributed by atoms with van der Waals surface area (Å²) in [6, 6.07) is -1.77. The van der Waals surface area contributed by atoms with Crippen molar-refractivity contribution in [3.63, 3.8) is 0 Å². The van der Waals surface area contributed by atoms with Crippen LogP contribution >= 0.6 is 0 Å². The second kappa shape index (κ2) is 57.8. The molecule has 0 bridgehead atoms. The third kappa shape index (κ3) is 47.0. The van der Waals surface area contributed by atoms with Crippen molar-refractivity contribution in [1.82, 2.24) is 71.4 Å². The maximum absolute atomic E-state index is 13.5. The highest BCUT2D eigenvalue weighted by Gasteiger charge is 2.30. The van der Waals surface area contributed by atoms with E-state index < -0.39 is 168 Å². The predicted molar refractivity (Wildman–Crippen MR) is 421 cm³/mol. The van der Waals surface area contributed by atoms with Crippen LogP contribution in [0.4, 0.5) is 48.0 Å². The van der Waals surface area contributed by atoms with E-state index in [0.29, 0.717) is 65.4 Å². The highest BCUT2D eigenvalue weighted by atomic mass is 19.2. The fraction of sp³-hybridized carbons (Fsp3) is 0.520. The van der Waals surface area contributed by atoms with Gasteiger partial charge in [0.25, 0.3) is 11.8 Å². The van der Waals surface area contributed by atoms with Gasteiger partial charge in [-0.3, -0.25) is 37.7 Å². The van der Waals surface area contributed by atoms with Crippen molar-refractivity contribution in [3.8, 4) is 5.75 Å². The number of ketones is 1. The van der Waals surface area contributed by atoms with E-state index in [1.54, 1.807) is 12.1 Å². The van der Waals surface area contributed by atoms with E-state index in [2.05, 4.69) is 93.6 Å². The van der Waals surface area contributed by atoms with Gasteiger partial charge in [0.1, 0.15) is 30.2 Å². The molecule has 4 rings (SSSR count). The number of ether oxygens (including phenoxy) is 1. The van der Waals surface area contributed by atoms with Crippen LogP contribution in [0.15, 0.2) is 61.1 Å². The van der Waals surface area contributed by atoms with Crippen LogP contribution in [0.25, 0.3) is 0 Å². The minimum atomic E-state index is -1.78. The molecule has 0 radical (unpaired) electrons. The molecule has 3 aromatic heterocycles. The Labute approximate surface area is 684 Å².